The molecule has 2 aromatic heterocycles. The van der Waals surface area contributed by atoms with Crippen molar-refractivity contribution in [2.75, 3.05) is 13.6 Å². The Morgan fingerprint density at radius 2 is 2.07 bits per heavy atom. The van der Waals surface area contributed by atoms with Crippen molar-refractivity contribution in [3.63, 3.8) is 0 Å². The van der Waals surface area contributed by atoms with Gasteiger partial charge in [0.2, 0.25) is 5.91 Å². The Hall–Kier alpha value is -2.22. The zero-order valence-electron chi connectivity index (χ0n) is 18.3. The van der Waals surface area contributed by atoms with Crippen LogP contribution in [0.1, 0.15) is 67.5 Å². The first-order valence-electron chi connectivity index (χ1n) is 10.7. The van der Waals surface area contributed by atoms with Crippen LogP contribution in [0.25, 0.3) is 0 Å². The van der Waals surface area contributed by atoms with Crippen LogP contribution in [-0.4, -0.2) is 50.0 Å². The molecule has 2 amide bonds. The fourth-order valence-corrected chi connectivity index (χ4v) is 4.50. The predicted octanol–water partition coefficient (Wildman–Crippen LogP) is 3.34. The standard InChI is InChI=1S/C22H31N5O2S/c1-22(2,3)9-19(28)26-8-7-18-17(12-26)20(24-27(18)10-15-5-6-15)21(29)25(4)11-16-13-30-14-23-16/h13-15H,5-12H2,1-4H3. The van der Waals surface area contributed by atoms with E-state index < -0.39 is 0 Å². The molecule has 1 saturated carbocycles. The molecular formula is C22H31N5O2S. The van der Waals surface area contributed by atoms with Crippen LogP contribution in [0.4, 0.5) is 0 Å². The number of nitrogens with zero attached hydrogens (tertiary/aromatic N) is 5. The summed E-state index contributed by atoms with van der Waals surface area (Å²) in [5, 5.41) is 6.72. The van der Waals surface area contributed by atoms with Crippen molar-refractivity contribution < 1.29 is 9.59 Å². The van der Waals surface area contributed by atoms with Crippen molar-refractivity contribution in [2.45, 2.75) is 66.1 Å². The van der Waals surface area contributed by atoms with E-state index in [0.717, 1.165) is 29.9 Å². The van der Waals surface area contributed by atoms with E-state index in [4.69, 9.17) is 5.10 Å². The van der Waals surface area contributed by atoms with Crippen LogP contribution in [-0.2, 0) is 30.8 Å². The summed E-state index contributed by atoms with van der Waals surface area (Å²) in [7, 11) is 1.79. The molecule has 0 N–H and O–H groups in total. The van der Waals surface area contributed by atoms with Crippen LogP contribution in [0.15, 0.2) is 10.9 Å². The third-order valence-electron chi connectivity index (χ3n) is 5.73. The van der Waals surface area contributed by atoms with Crippen LogP contribution >= 0.6 is 11.3 Å². The van der Waals surface area contributed by atoms with Gasteiger partial charge in [-0.3, -0.25) is 14.3 Å². The summed E-state index contributed by atoms with van der Waals surface area (Å²) in [4.78, 5) is 34.0. The summed E-state index contributed by atoms with van der Waals surface area (Å²) in [5.41, 5.74) is 5.16. The zero-order valence-corrected chi connectivity index (χ0v) is 19.2. The molecule has 1 aliphatic heterocycles. The van der Waals surface area contributed by atoms with E-state index in [1.807, 2.05) is 15.0 Å². The average molecular weight is 430 g/mol. The molecule has 0 saturated heterocycles. The van der Waals surface area contributed by atoms with Crippen molar-refractivity contribution in [1.29, 1.82) is 0 Å². The number of aromatic nitrogens is 3. The third kappa shape index (κ3) is 4.74. The molecule has 0 radical (unpaired) electrons. The van der Waals surface area contributed by atoms with Gasteiger partial charge in [0.15, 0.2) is 5.69 Å². The highest BCUT2D eigenvalue weighted by Crippen LogP contribution is 2.33. The number of carbonyl (C=O) groups is 2. The van der Waals surface area contributed by atoms with E-state index in [1.54, 1.807) is 17.5 Å². The number of hydrogen-bond donors (Lipinski definition) is 0. The highest BCUT2D eigenvalue weighted by Gasteiger charge is 2.34. The van der Waals surface area contributed by atoms with E-state index in [0.29, 0.717) is 37.7 Å². The molecule has 1 fully saturated rings. The van der Waals surface area contributed by atoms with Gasteiger partial charge in [0.05, 0.1) is 17.7 Å². The van der Waals surface area contributed by atoms with Crippen LogP contribution in [0, 0.1) is 11.3 Å². The highest BCUT2D eigenvalue weighted by atomic mass is 32.1. The van der Waals surface area contributed by atoms with Gasteiger partial charge in [0.25, 0.3) is 5.91 Å². The molecule has 0 unspecified atom stereocenters. The summed E-state index contributed by atoms with van der Waals surface area (Å²) in [6.07, 6.45) is 3.73. The van der Waals surface area contributed by atoms with Gasteiger partial charge in [-0.05, 0) is 24.2 Å². The van der Waals surface area contributed by atoms with Crippen molar-refractivity contribution in [3.8, 4) is 0 Å². The van der Waals surface area contributed by atoms with Crippen molar-refractivity contribution in [3.05, 3.63) is 33.5 Å². The summed E-state index contributed by atoms with van der Waals surface area (Å²) in [5.74, 6) is 0.724. The summed E-state index contributed by atoms with van der Waals surface area (Å²) in [6.45, 7) is 8.74. The smallest absolute Gasteiger partial charge is 0.274 e. The van der Waals surface area contributed by atoms with Crippen molar-refractivity contribution in [2.24, 2.45) is 11.3 Å². The summed E-state index contributed by atoms with van der Waals surface area (Å²) in [6, 6.07) is 0. The normalized spacial score (nSPS) is 16.5. The minimum absolute atomic E-state index is 0.0556. The van der Waals surface area contributed by atoms with Gasteiger partial charge in [-0.15, -0.1) is 11.3 Å². The first-order chi connectivity index (χ1) is 14.2. The van der Waals surface area contributed by atoms with Gasteiger partial charge in [0.1, 0.15) is 0 Å². The molecule has 162 valence electrons. The predicted molar refractivity (Wildman–Crippen MR) is 116 cm³/mol. The Morgan fingerprint density at radius 3 is 2.70 bits per heavy atom. The Labute approximate surface area is 182 Å². The van der Waals surface area contributed by atoms with E-state index in [9.17, 15) is 9.59 Å². The number of carbonyl (C=O) groups excluding carboxylic acids is 2. The van der Waals surface area contributed by atoms with Crippen LogP contribution in [0.3, 0.4) is 0 Å². The lowest BCUT2D eigenvalue weighted by molar-refractivity contribution is -0.134. The quantitative estimate of drug-likeness (QED) is 0.706. The van der Waals surface area contributed by atoms with Gasteiger partial charge < -0.3 is 9.80 Å². The topological polar surface area (TPSA) is 71.3 Å². The number of fused-ring (bicyclic) bond motifs is 1. The minimum Gasteiger partial charge on any atom is -0.338 e. The monoisotopic (exact) mass is 429 g/mol. The Morgan fingerprint density at radius 1 is 1.30 bits per heavy atom. The molecule has 7 nitrogen and oxygen atoms in total. The fraction of sp³-hybridized carbons (Fsp3) is 0.636. The molecule has 0 spiro atoms. The highest BCUT2D eigenvalue weighted by molar-refractivity contribution is 7.07. The second kappa shape index (κ2) is 8.13. The molecular weight excluding hydrogens is 398 g/mol. The zero-order chi connectivity index (χ0) is 21.5. The van der Waals surface area contributed by atoms with E-state index in [-0.39, 0.29) is 17.2 Å². The largest absolute Gasteiger partial charge is 0.338 e. The molecule has 8 heteroatoms. The third-order valence-corrected chi connectivity index (χ3v) is 6.36. The van der Waals surface area contributed by atoms with Gasteiger partial charge in [-0.25, -0.2) is 4.98 Å². The van der Waals surface area contributed by atoms with Crippen LogP contribution in [0.5, 0.6) is 0 Å². The summed E-state index contributed by atoms with van der Waals surface area (Å²) < 4.78 is 2.04. The van der Waals surface area contributed by atoms with Crippen molar-refractivity contribution >= 4 is 23.2 Å². The average Bonchev–Trinajstić information content (AvgIpc) is 3.21. The lowest BCUT2D eigenvalue weighted by atomic mass is 9.91. The Bertz CT molecular complexity index is 924. The van der Waals surface area contributed by atoms with E-state index >= 15 is 0 Å². The maximum atomic E-state index is 13.3. The van der Waals surface area contributed by atoms with E-state index in [2.05, 4.69) is 25.8 Å². The SMILES string of the molecule is CN(Cc1cscn1)C(=O)c1nn(CC2CC2)c2c1CN(C(=O)CC(C)(C)C)CC2. The number of amides is 2. The maximum absolute atomic E-state index is 13.3. The number of hydrogen-bond acceptors (Lipinski definition) is 5. The molecule has 3 heterocycles. The van der Waals surface area contributed by atoms with Crippen molar-refractivity contribution in [1.82, 2.24) is 24.6 Å². The molecule has 0 aromatic carbocycles. The first-order valence-corrected chi connectivity index (χ1v) is 11.6. The number of rotatable bonds is 6. The minimum atomic E-state index is -0.0982. The molecule has 1 aliphatic carbocycles. The van der Waals surface area contributed by atoms with Gasteiger partial charge in [-0.1, -0.05) is 20.8 Å². The molecule has 30 heavy (non-hydrogen) atoms. The summed E-state index contributed by atoms with van der Waals surface area (Å²) >= 11 is 1.52. The fourth-order valence-electron chi connectivity index (χ4n) is 3.95. The molecule has 2 aliphatic rings. The molecule has 0 atom stereocenters. The van der Waals surface area contributed by atoms with E-state index in [1.165, 1.54) is 24.2 Å². The second-order valence-corrected chi connectivity index (χ2v) is 10.6. The molecule has 4 rings (SSSR count). The second-order valence-electron chi connectivity index (χ2n) is 9.84. The van der Waals surface area contributed by atoms with Gasteiger partial charge in [0, 0.05) is 56.2 Å². The van der Waals surface area contributed by atoms with Gasteiger partial charge in [-0.2, -0.15) is 5.10 Å². The lowest BCUT2D eigenvalue weighted by Crippen LogP contribution is -2.38. The number of thiazole rings is 1. The van der Waals surface area contributed by atoms with Crippen LogP contribution in [0.2, 0.25) is 0 Å². The first kappa shape index (κ1) is 21.0. The lowest BCUT2D eigenvalue weighted by Gasteiger charge is -2.30. The molecule has 0 bridgehead atoms. The maximum Gasteiger partial charge on any atom is 0.274 e. The Balaban J connectivity index is 1.58. The van der Waals surface area contributed by atoms with Gasteiger partial charge >= 0.3 is 0 Å². The Kier molecular flexibility index (Phi) is 5.70. The van der Waals surface area contributed by atoms with Crippen LogP contribution < -0.4 is 0 Å². The molecule has 2 aromatic rings.